The molecule has 0 aliphatic carbocycles. The zero-order valence-electron chi connectivity index (χ0n) is 11.3. The van der Waals surface area contributed by atoms with Gasteiger partial charge in [-0.3, -0.25) is 10.1 Å². The van der Waals surface area contributed by atoms with Crippen molar-refractivity contribution in [1.82, 2.24) is 5.32 Å². The molecule has 0 fully saturated rings. The van der Waals surface area contributed by atoms with Crippen LogP contribution >= 0.6 is 23.6 Å². The van der Waals surface area contributed by atoms with Crippen LogP contribution in [0.15, 0.2) is 47.9 Å². The van der Waals surface area contributed by atoms with Gasteiger partial charge in [-0.25, -0.2) is 0 Å². The van der Waals surface area contributed by atoms with Gasteiger partial charge >= 0.3 is 0 Å². The molecule has 0 aliphatic heterocycles. The number of hydrogen-bond donors (Lipinski definition) is 2. The van der Waals surface area contributed by atoms with Crippen LogP contribution in [0.2, 0.25) is 0 Å². The maximum absolute atomic E-state index is 11.7. The van der Waals surface area contributed by atoms with E-state index in [2.05, 4.69) is 10.6 Å². The summed E-state index contributed by atoms with van der Waals surface area (Å²) in [5, 5.41) is 7.71. The summed E-state index contributed by atoms with van der Waals surface area (Å²) < 4.78 is 5.12. The van der Waals surface area contributed by atoms with Crippen LogP contribution in [0, 0.1) is 0 Å². The Morgan fingerprint density at radius 1 is 1.33 bits per heavy atom. The first-order valence-corrected chi connectivity index (χ1v) is 7.44. The van der Waals surface area contributed by atoms with Gasteiger partial charge in [-0.1, -0.05) is 12.1 Å². The molecule has 108 valence electrons. The van der Waals surface area contributed by atoms with Crippen molar-refractivity contribution in [3.8, 4) is 5.75 Å². The van der Waals surface area contributed by atoms with Gasteiger partial charge in [-0.2, -0.15) is 0 Å². The van der Waals surface area contributed by atoms with E-state index in [4.69, 9.17) is 17.0 Å². The number of thiocarbonyl (C=S) groups is 1. The predicted octanol–water partition coefficient (Wildman–Crippen LogP) is 3.28. The molecule has 0 saturated heterocycles. The summed E-state index contributed by atoms with van der Waals surface area (Å²) in [5.41, 5.74) is 0.752. The molecule has 1 aromatic carbocycles. The lowest BCUT2D eigenvalue weighted by Gasteiger charge is -2.09. The molecule has 6 heteroatoms. The average molecular weight is 318 g/mol. The van der Waals surface area contributed by atoms with Crippen LogP contribution in [0.3, 0.4) is 0 Å². The van der Waals surface area contributed by atoms with Crippen LogP contribution in [0.4, 0.5) is 5.69 Å². The summed E-state index contributed by atoms with van der Waals surface area (Å²) in [7, 11) is 1.59. The number of thiophene rings is 1. The maximum atomic E-state index is 11.7. The maximum Gasteiger partial charge on any atom is 0.250 e. The van der Waals surface area contributed by atoms with Crippen molar-refractivity contribution in [2.24, 2.45) is 0 Å². The number of anilines is 1. The summed E-state index contributed by atoms with van der Waals surface area (Å²) >= 11 is 6.65. The Hall–Kier alpha value is -2.18. The molecular weight excluding hydrogens is 304 g/mol. The minimum absolute atomic E-state index is 0.240. The first-order valence-electron chi connectivity index (χ1n) is 6.15. The van der Waals surface area contributed by atoms with Crippen LogP contribution in [0.1, 0.15) is 4.88 Å². The molecule has 2 rings (SSSR count). The molecule has 0 aliphatic rings. The number of rotatable bonds is 4. The predicted molar refractivity (Wildman–Crippen MR) is 90.7 cm³/mol. The standard InChI is InChI=1S/C15H14N2O2S2/c1-19-12-5-2-4-11(10-12)16-15(20)17-14(18)8-7-13-6-3-9-21-13/h2-10H,1H3,(H2,16,17,18,20)/b8-7+. The lowest BCUT2D eigenvalue weighted by atomic mass is 10.3. The fourth-order valence-electron chi connectivity index (χ4n) is 1.56. The van der Waals surface area contributed by atoms with Gasteiger partial charge in [0.15, 0.2) is 5.11 Å². The summed E-state index contributed by atoms with van der Waals surface area (Å²) in [4.78, 5) is 12.7. The highest BCUT2D eigenvalue weighted by molar-refractivity contribution is 7.80. The zero-order valence-corrected chi connectivity index (χ0v) is 13.0. The van der Waals surface area contributed by atoms with E-state index in [0.717, 1.165) is 10.6 Å². The van der Waals surface area contributed by atoms with Gasteiger partial charge in [0, 0.05) is 22.7 Å². The Balaban J connectivity index is 1.87. The van der Waals surface area contributed by atoms with Gasteiger partial charge in [-0.05, 0) is 41.9 Å². The van der Waals surface area contributed by atoms with Crippen molar-refractivity contribution >= 4 is 46.3 Å². The molecule has 2 N–H and O–H groups in total. The van der Waals surface area contributed by atoms with E-state index < -0.39 is 0 Å². The van der Waals surface area contributed by atoms with E-state index >= 15 is 0 Å². The number of amides is 1. The van der Waals surface area contributed by atoms with Gasteiger partial charge in [0.05, 0.1) is 7.11 Å². The van der Waals surface area contributed by atoms with Gasteiger partial charge in [0.2, 0.25) is 5.91 Å². The summed E-state index contributed by atoms with van der Waals surface area (Å²) in [6.45, 7) is 0. The molecule has 0 radical (unpaired) electrons. The number of hydrogen-bond acceptors (Lipinski definition) is 4. The Labute approximate surface area is 132 Å². The normalized spacial score (nSPS) is 10.3. The first-order chi connectivity index (χ1) is 10.2. The second kappa shape index (κ2) is 7.56. The summed E-state index contributed by atoms with van der Waals surface area (Å²) in [6.07, 6.45) is 3.19. The van der Waals surface area contributed by atoms with Crippen LogP contribution in [0.5, 0.6) is 5.75 Å². The molecule has 0 saturated carbocycles. The van der Waals surface area contributed by atoms with E-state index in [1.54, 1.807) is 30.6 Å². The Bertz CT molecular complexity index is 651. The SMILES string of the molecule is COc1cccc(NC(=S)NC(=O)/C=C/c2cccs2)c1. The zero-order chi connectivity index (χ0) is 15.1. The quantitative estimate of drug-likeness (QED) is 0.671. The third kappa shape index (κ3) is 5.02. The largest absolute Gasteiger partial charge is 0.497 e. The third-order valence-electron chi connectivity index (χ3n) is 2.51. The minimum Gasteiger partial charge on any atom is -0.497 e. The Morgan fingerprint density at radius 3 is 2.90 bits per heavy atom. The number of methoxy groups -OCH3 is 1. The van der Waals surface area contributed by atoms with E-state index in [1.165, 1.54) is 6.08 Å². The Kier molecular flexibility index (Phi) is 5.48. The molecule has 0 bridgehead atoms. The van der Waals surface area contributed by atoms with E-state index in [9.17, 15) is 4.79 Å². The molecule has 0 atom stereocenters. The molecule has 0 unspecified atom stereocenters. The lowest BCUT2D eigenvalue weighted by molar-refractivity contribution is -0.115. The summed E-state index contributed by atoms with van der Waals surface area (Å²) in [5.74, 6) is 0.440. The summed E-state index contributed by atoms with van der Waals surface area (Å²) in [6, 6.07) is 11.2. The van der Waals surface area contributed by atoms with Crippen molar-refractivity contribution in [3.05, 3.63) is 52.7 Å². The number of nitrogens with one attached hydrogen (secondary N) is 2. The molecule has 21 heavy (non-hydrogen) atoms. The fraction of sp³-hybridized carbons (Fsp3) is 0.0667. The number of carbonyl (C=O) groups excluding carboxylic acids is 1. The van der Waals surface area contributed by atoms with E-state index in [-0.39, 0.29) is 11.0 Å². The highest BCUT2D eigenvalue weighted by atomic mass is 32.1. The monoisotopic (exact) mass is 318 g/mol. The highest BCUT2D eigenvalue weighted by Gasteiger charge is 2.02. The molecule has 2 aromatic rings. The second-order valence-electron chi connectivity index (χ2n) is 4.02. The van der Waals surface area contributed by atoms with Crippen LogP contribution < -0.4 is 15.4 Å². The second-order valence-corrected chi connectivity index (χ2v) is 5.41. The molecule has 1 heterocycles. The van der Waals surface area contributed by atoms with Gasteiger partial charge in [-0.15, -0.1) is 11.3 Å². The smallest absolute Gasteiger partial charge is 0.250 e. The van der Waals surface area contributed by atoms with Crippen molar-refractivity contribution in [3.63, 3.8) is 0 Å². The van der Waals surface area contributed by atoms with Gasteiger partial charge < -0.3 is 10.1 Å². The molecular formula is C15H14N2O2S2. The van der Waals surface area contributed by atoms with E-state index in [1.807, 2.05) is 35.7 Å². The number of carbonyl (C=O) groups is 1. The van der Waals surface area contributed by atoms with Crippen LogP contribution in [-0.2, 0) is 4.79 Å². The number of benzene rings is 1. The average Bonchev–Trinajstić information content (AvgIpc) is 2.98. The highest BCUT2D eigenvalue weighted by Crippen LogP contribution is 2.16. The third-order valence-corrected chi connectivity index (χ3v) is 3.55. The molecule has 1 aromatic heterocycles. The fourth-order valence-corrected chi connectivity index (χ4v) is 2.40. The molecule has 1 amide bonds. The van der Waals surface area contributed by atoms with Crippen molar-refractivity contribution in [1.29, 1.82) is 0 Å². The lowest BCUT2D eigenvalue weighted by Crippen LogP contribution is -2.32. The molecule has 0 spiro atoms. The Morgan fingerprint density at radius 2 is 2.19 bits per heavy atom. The topological polar surface area (TPSA) is 50.4 Å². The first kappa shape index (κ1) is 15.2. The van der Waals surface area contributed by atoms with Crippen LogP contribution in [-0.4, -0.2) is 18.1 Å². The van der Waals surface area contributed by atoms with Crippen molar-refractivity contribution in [2.45, 2.75) is 0 Å². The number of ether oxygens (including phenoxy) is 1. The minimum atomic E-state index is -0.274. The van der Waals surface area contributed by atoms with Crippen molar-refractivity contribution < 1.29 is 9.53 Å². The van der Waals surface area contributed by atoms with E-state index in [0.29, 0.717) is 5.75 Å². The van der Waals surface area contributed by atoms with Gasteiger partial charge in [0.1, 0.15) is 5.75 Å². The van der Waals surface area contributed by atoms with Crippen molar-refractivity contribution in [2.75, 3.05) is 12.4 Å². The van der Waals surface area contributed by atoms with Gasteiger partial charge in [0.25, 0.3) is 0 Å². The van der Waals surface area contributed by atoms with Crippen LogP contribution in [0.25, 0.3) is 6.08 Å². The molecule has 4 nitrogen and oxygen atoms in total.